The first-order chi connectivity index (χ1) is 11.6. The fraction of sp³-hybridized carbons (Fsp3) is 0.389. The van der Waals surface area contributed by atoms with E-state index in [0.717, 1.165) is 5.75 Å². The number of nitrogens with zero attached hydrogens (tertiary/aromatic N) is 2. The van der Waals surface area contributed by atoms with Crippen LogP contribution in [0.4, 0.5) is 4.79 Å². The minimum atomic E-state index is -0.0879. The van der Waals surface area contributed by atoms with Crippen LogP contribution in [0.25, 0.3) is 0 Å². The van der Waals surface area contributed by atoms with Crippen molar-refractivity contribution in [2.45, 2.75) is 6.04 Å². The third kappa shape index (κ3) is 5.54. The van der Waals surface area contributed by atoms with Crippen molar-refractivity contribution >= 4 is 17.4 Å². The quantitative estimate of drug-likeness (QED) is 0.798. The average Bonchev–Trinajstić information content (AvgIpc) is 3.09. The molecular weight excluding hydrogens is 322 g/mol. The molecule has 0 fully saturated rings. The van der Waals surface area contributed by atoms with Gasteiger partial charge in [-0.1, -0.05) is 24.3 Å². The minimum absolute atomic E-state index is 0.0879. The van der Waals surface area contributed by atoms with Crippen molar-refractivity contribution in [2.24, 2.45) is 0 Å². The highest BCUT2D eigenvalue weighted by Crippen LogP contribution is 2.22. The molecule has 0 spiro atoms. The van der Waals surface area contributed by atoms with E-state index in [1.54, 1.807) is 23.3 Å². The molecule has 2 aromatic rings. The molecule has 1 aromatic carbocycles. The molecule has 0 saturated heterocycles. The molecule has 2 rings (SSSR count). The molecule has 130 valence electrons. The Bertz CT molecular complexity index is 602. The maximum Gasteiger partial charge on any atom is 0.317 e. The Hall–Kier alpha value is -2.05. The molecule has 0 aliphatic carbocycles. The van der Waals surface area contributed by atoms with Crippen LogP contribution in [-0.4, -0.2) is 56.7 Å². The van der Waals surface area contributed by atoms with Crippen molar-refractivity contribution in [3.8, 4) is 5.75 Å². The third-order valence-electron chi connectivity index (χ3n) is 3.73. The molecule has 1 N–H and O–H groups in total. The monoisotopic (exact) mass is 347 g/mol. The summed E-state index contributed by atoms with van der Waals surface area (Å²) in [5, 5.41) is 5.05. The predicted molar refractivity (Wildman–Crippen MR) is 98.7 cm³/mol. The number of carbonyl (C=O) groups excluding carboxylic acids is 1. The van der Waals surface area contributed by atoms with Gasteiger partial charge in [0.1, 0.15) is 12.4 Å². The van der Waals surface area contributed by atoms with Crippen LogP contribution in [0.2, 0.25) is 0 Å². The Kier molecular flexibility index (Phi) is 7.08. The highest BCUT2D eigenvalue weighted by atomic mass is 32.1. The Morgan fingerprint density at radius 1 is 1.17 bits per heavy atom. The van der Waals surface area contributed by atoms with Crippen LogP contribution >= 0.6 is 11.3 Å². The number of likely N-dealkylation sites (N-methyl/N-ethyl adjacent to an activating group) is 2. The molecule has 0 aliphatic heterocycles. The number of ether oxygens (including phenoxy) is 1. The first kappa shape index (κ1) is 18.3. The maximum absolute atomic E-state index is 12.2. The van der Waals surface area contributed by atoms with Gasteiger partial charge in [-0.25, -0.2) is 4.79 Å². The largest absolute Gasteiger partial charge is 0.492 e. The fourth-order valence-electron chi connectivity index (χ4n) is 2.26. The van der Waals surface area contributed by atoms with Crippen LogP contribution in [0.15, 0.2) is 47.8 Å². The Labute approximate surface area is 147 Å². The number of hydrogen-bond acceptors (Lipinski definition) is 4. The van der Waals surface area contributed by atoms with Gasteiger partial charge >= 0.3 is 6.03 Å². The number of para-hydroxylation sites is 1. The highest BCUT2D eigenvalue weighted by molar-refractivity contribution is 7.10. The summed E-state index contributed by atoms with van der Waals surface area (Å²) in [5.74, 6) is 0.816. The molecule has 0 radical (unpaired) electrons. The van der Waals surface area contributed by atoms with E-state index in [9.17, 15) is 4.79 Å². The van der Waals surface area contributed by atoms with E-state index in [-0.39, 0.29) is 12.1 Å². The first-order valence-electron chi connectivity index (χ1n) is 7.94. The molecule has 5 nitrogen and oxygen atoms in total. The van der Waals surface area contributed by atoms with Crippen molar-refractivity contribution in [3.63, 3.8) is 0 Å². The summed E-state index contributed by atoms with van der Waals surface area (Å²) in [6.07, 6.45) is 0. The Morgan fingerprint density at radius 2 is 1.92 bits per heavy atom. The van der Waals surface area contributed by atoms with Crippen molar-refractivity contribution in [2.75, 3.05) is 40.8 Å². The number of amides is 2. The van der Waals surface area contributed by atoms with E-state index in [0.29, 0.717) is 19.7 Å². The number of benzene rings is 1. The summed E-state index contributed by atoms with van der Waals surface area (Å²) < 4.78 is 5.62. The molecule has 1 atom stereocenters. The second kappa shape index (κ2) is 9.30. The number of urea groups is 1. The zero-order valence-corrected chi connectivity index (χ0v) is 15.3. The van der Waals surface area contributed by atoms with Gasteiger partial charge in [0.2, 0.25) is 0 Å². The summed E-state index contributed by atoms with van der Waals surface area (Å²) in [6.45, 7) is 1.58. The lowest BCUT2D eigenvalue weighted by molar-refractivity contribution is 0.191. The van der Waals surface area contributed by atoms with Gasteiger partial charge in [0.05, 0.1) is 12.6 Å². The van der Waals surface area contributed by atoms with Crippen molar-refractivity contribution in [1.29, 1.82) is 0 Å². The summed E-state index contributed by atoms with van der Waals surface area (Å²) in [7, 11) is 5.82. The molecule has 6 heteroatoms. The lowest BCUT2D eigenvalue weighted by Crippen LogP contribution is -2.42. The molecule has 1 heterocycles. The summed E-state index contributed by atoms with van der Waals surface area (Å²) >= 11 is 1.70. The summed E-state index contributed by atoms with van der Waals surface area (Å²) in [4.78, 5) is 17.2. The predicted octanol–water partition coefficient (Wildman–Crippen LogP) is 3.07. The SMILES string of the molecule is CN(CCOc1ccccc1)C(=O)NCC(c1cccs1)N(C)C. The lowest BCUT2D eigenvalue weighted by atomic mass is 10.2. The lowest BCUT2D eigenvalue weighted by Gasteiger charge is -2.25. The fourth-order valence-corrected chi connectivity index (χ4v) is 3.18. The van der Waals surface area contributed by atoms with E-state index < -0.39 is 0 Å². The van der Waals surface area contributed by atoms with Crippen LogP contribution < -0.4 is 10.1 Å². The number of thiophene rings is 1. The first-order valence-corrected chi connectivity index (χ1v) is 8.82. The van der Waals surface area contributed by atoms with E-state index in [4.69, 9.17) is 4.74 Å². The molecule has 0 aliphatic rings. The van der Waals surface area contributed by atoms with Gasteiger partial charge in [-0.05, 0) is 37.7 Å². The van der Waals surface area contributed by atoms with Crippen molar-refractivity contribution in [3.05, 3.63) is 52.7 Å². The van der Waals surface area contributed by atoms with Crippen LogP contribution in [0.5, 0.6) is 5.75 Å². The highest BCUT2D eigenvalue weighted by Gasteiger charge is 2.17. The zero-order chi connectivity index (χ0) is 17.4. The molecule has 0 saturated carbocycles. The Morgan fingerprint density at radius 3 is 2.54 bits per heavy atom. The second-order valence-electron chi connectivity index (χ2n) is 5.76. The normalized spacial score (nSPS) is 12.0. The van der Waals surface area contributed by atoms with Crippen LogP contribution in [0.3, 0.4) is 0 Å². The standard InChI is InChI=1S/C18H25N3O2S/c1-20(2)16(17-10-7-13-24-17)14-19-18(22)21(3)11-12-23-15-8-5-4-6-9-15/h4-10,13,16H,11-12,14H2,1-3H3,(H,19,22). The smallest absolute Gasteiger partial charge is 0.317 e. The Balaban J connectivity index is 1.74. The van der Waals surface area contributed by atoms with Crippen LogP contribution in [0.1, 0.15) is 10.9 Å². The summed E-state index contributed by atoms with van der Waals surface area (Å²) in [6, 6.07) is 13.8. The molecule has 1 aromatic heterocycles. The molecule has 24 heavy (non-hydrogen) atoms. The van der Waals surface area contributed by atoms with Crippen LogP contribution in [0, 0.1) is 0 Å². The van der Waals surface area contributed by atoms with Crippen molar-refractivity contribution < 1.29 is 9.53 Å². The topological polar surface area (TPSA) is 44.8 Å². The zero-order valence-electron chi connectivity index (χ0n) is 14.4. The van der Waals surface area contributed by atoms with Gasteiger partial charge in [0.15, 0.2) is 0 Å². The second-order valence-corrected chi connectivity index (χ2v) is 6.74. The van der Waals surface area contributed by atoms with Gasteiger partial charge in [-0.3, -0.25) is 0 Å². The third-order valence-corrected chi connectivity index (χ3v) is 4.70. The number of carbonyl (C=O) groups is 1. The summed E-state index contributed by atoms with van der Waals surface area (Å²) in [5.41, 5.74) is 0. The maximum atomic E-state index is 12.2. The minimum Gasteiger partial charge on any atom is -0.492 e. The van der Waals surface area contributed by atoms with E-state index >= 15 is 0 Å². The molecule has 1 unspecified atom stereocenters. The van der Waals surface area contributed by atoms with Gasteiger partial charge in [0, 0.05) is 18.5 Å². The van der Waals surface area contributed by atoms with E-state index in [2.05, 4.69) is 21.7 Å². The number of rotatable bonds is 8. The van der Waals surface area contributed by atoms with Crippen LogP contribution in [-0.2, 0) is 0 Å². The van der Waals surface area contributed by atoms with E-state index in [1.165, 1.54) is 4.88 Å². The van der Waals surface area contributed by atoms with Gasteiger partial charge in [0.25, 0.3) is 0 Å². The van der Waals surface area contributed by atoms with Gasteiger partial charge < -0.3 is 19.9 Å². The molecule has 0 bridgehead atoms. The van der Waals surface area contributed by atoms with Crippen molar-refractivity contribution in [1.82, 2.24) is 15.1 Å². The molecule has 2 amide bonds. The van der Waals surface area contributed by atoms with Gasteiger partial charge in [-0.2, -0.15) is 0 Å². The molecular formula is C18H25N3O2S. The van der Waals surface area contributed by atoms with E-state index in [1.807, 2.05) is 50.5 Å². The number of nitrogens with one attached hydrogen (secondary N) is 1. The van der Waals surface area contributed by atoms with Gasteiger partial charge in [-0.15, -0.1) is 11.3 Å². The number of hydrogen-bond donors (Lipinski definition) is 1. The average molecular weight is 347 g/mol.